The molecule has 0 aromatic carbocycles. The first-order valence-corrected chi connectivity index (χ1v) is 7.50. The van der Waals surface area contributed by atoms with Crippen molar-refractivity contribution in [3.05, 3.63) is 34.7 Å². The molecule has 1 aliphatic heterocycles. The summed E-state index contributed by atoms with van der Waals surface area (Å²) in [5.41, 5.74) is 2.28. The first kappa shape index (κ1) is 10.7. The van der Waals surface area contributed by atoms with Crippen molar-refractivity contribution in [1.29, 1.82) is 0 Å². The van der Waals surface area contributed by atoms with E-state index < -0.39 is 0 Å². The van der Waals surface area contributed by atoms with Crippen LogP contribution in [0.2, 0.25) is 0 Å². The molecular weight excluding hydrogens is 284 g/mol. The molecule has 1 aliphatic rings. The van der Waals surface area contributed by atoms with Crippen LogP contribution in [-0.2, 0) is 0 Å². The molecule has 1 atom stereocenters. The normalized spacial score (nSPS) is 21.4. The van der Waals surface area contributed by atoms with E-state index in [-0.39, 0.29) is 0 Å². The summed E-state index contributed by atoms with van der Waals surface area (Å²) in [6.07, 6.45) is 6.85. The summed E-state index contributed by atoms with van der Waals surface area (Å²) in [4.78, 5) is 4.74. The maximum atomic E-state index is 4.74. The molecule has 0 bridgehead atoms. The average molecular weight is 297 g/mol. The number of rotatable bonds is 1. The first-order chi connectivity index (χ1) is 7.84. The summed E-state index contributed by atoms with van der Waals surface area (Å²) in [5.74, 6) is 3.18. The van der Waals surface area contributed by atoms with Gasteiger partial charge in [-0.2, -0.15) is 11.8 Å². The molecule has 0 saturated carbocycles. The van der Waals surface area contributed by atoms with E-state index in [1.54, 1.807) is 0 Å². The van der Waals surface area contributed by atoms with Gasteiger partial charge in [0.15, 0.2) is 5.65 Å². The van der Waals surface area contributed by atoms with Crippen molar-refractivity contribution in [3.8, 4) is 0 Å². The highest BCUT2D eigenvalue weighted by atomic mass is 79.9. The van der Waals surface area contributed by atoms with Crippen LogP contribution in [0.1, 0.15) is 24.5 Å². The molecule has 0 amide bonds. The summed E-state index contributed by atoms with van der Waals surface area (Å²) < 4.78 is 3.18. The molecule has 0 radical (unpaired) electrons. The van der Waals surface area contributed by atoms with Crippen molar-refractivity contribution in [3.63, 3.8) is 0 Å². The standard InChI is InChI=1S/C12H13BrN2S/c13-10-4-1-5-15-7-11(14-12(10)15)9-3-2-6-16-8-9/h1,4-5,7,9H,2-3,6,8H2. The predicted molar refractivity (Wildman–Crippen MR) is 72.2 cm³/mol. The van der Waals surface area contributed by atoms with E-state index in [0.29, 0.717) is 5.92 Å². The van der Waals surface area contributed by atoms with E-state index in [2.05, 4.69) is 44.5 Å². The minimum absolute atomic E-state index is 0.644. The predicted octanol–water partition coefficient (Wildman–Crippen LogP) is 3.71. The Labute approximate surface area is 108 Å². The molecule has 0 N–H and O–H groups in total. The van der Waals surface area contributed by atoms with Crippen molar-refractivity contribution < 1.29 is 0 Å². The highest BCUT2D eigenvalue weighted by molar-refractivity contribution is 9.10. The quantitative estimate of drug-likeness (QED) is 0.798. The lowest BCUT2D eigenvalue weighted by Gasteiger charge is -2.18. The van der Waals surface area contributed by atoms with Gasteiger partial charge in [0.25, 0.3) is 0 Å². The Morgan fingerprint density at radius 1 is 1.50 bits per heavy atom. The number of pyridine rings is 1. The number of thioether (sulfide) groups is 1. The second-order valence-electron chi connectivity index (χ2n) is 4.17. The van der Waals surface area contributed by atoms with Gasteiger partial charge in [-0.15, -0.1) is 0 Å². The monoisotopic (exact) mass is 296 g/mol. The molecule has 1 fully saturated rings. The Balaban J connectivity index is 2.01. The maximum Gasteiger partial charge on any atom is 0.151 e. The first-order valence-electron chi connectivity index (χ1n) is 5.55. The van der Waals surface area contributed by atoms with Crippen LogP contribution >= 0.6 is 27.7 Å². The topological polar surface area (TPSA) is 17.3 Å². The van der Waals surface area contributed by atoms with Gasteiger partial charge < -0.3 is 4.40 Å². The molecule has 0 aliphatic carbocycles. The van der Waals surface area contributed by atoms with Gasteiger partial charge in [-0.3, -0.25) is 0 Å². The molecule has 2 nitrogen and oxygen atoms in total. The third-order valence-electron chi connectivity index (χ3n) is 3.03. The second kappa shape index (κ2) is 4.41. The summed E-state index contributed by atoms with van der Waals surface area (Å²) >= 11 is 5.60. The number of nitrogens with zero attached hydrogens (tertiary/aromatic N) is 2. The molecule has 3 rings (SSSR count). The van der Waals surface area contributed by atoms with Gasteiger partial charge in [-0.05, 0) is 46.7 Å². The molecule has 4 heteroatoms. The van der Waals surface area contributed by atoms with Gasteiger partial charge in [0, 0.05) is 24.1 Å². The number of fused-ring (bicyclic) bond motifs is 1. The molecule has 84 valence electrons. The van der Waals surface area contributed by atoms with Crippen LogP contribution in [0.5, 0.6) is 0 Å². The number of imidazole rings is 1. The van der Waals surface area contributed by atoms with Crippen molar-refractivity contribution in [2.75, 3.05) is 11.5 Å². The Bertz CT molecular complexity index is 503. The fraction of sp³-hybridized carbons (Fsp3) is 0.417. The van der Waals surface area contributed by atoms with Gasteiger partial charge >= 0.3 is 0 Å². The van der Waals surface area contributed by atoms with Crippen LogP contribution in [0.25, 0.3) is 5.65 Å². The molecule has 2 aromatic heterocycles. The van der Waals surface area contributed by atoms with Crippen LogP contribution in [0.4, 0.5) is 0 Å². The van der Waals surface area contributed by atoms with Gasteiger partial charge in [-0.1, -0.05) is 0 Å². The Hall–Kier alpha value is -0.480. The SMILES string of the molecule is Brc1cccn2cc(C3CCCSC3)nc12. The summed E-state index contributed by atoms with van der Waals surface area (Å²) in [6, 6.07) is 4.08. The Morgan fingerprint density at radius 3 is 3.19 bits per heavy atom. The Kier molecular flexibility index (Phi) is 2.94. The third kappa shape index (κ3) is 1.89. The zero-order valence-corrected chi connectivity index (χ0v) is 11.3. The second-order valence-corrected chi connectivity index (χ2v) is 6.17. The van der Waals surface area contributed by atoms with Crippen LogP contribution in [0.15, 0.2) is 29.0 Å². The third-order valence-corrected chi connectivity index (χ3v) is 4.87. The summed E-state index contributed by atoms with van der Waals surface area (Å²) in [5, 5.41) is 0. The maximum absolute atomic E-state index is 4.74. The minimum atomic E-state index is 0.644. The van der Waals surface area contributed by atoms with Gasteiger partial charge in [0.2, 0.25) is 0 Å². The van der Waals surface area contributed by atoms with E-state index >= 15 is 0 Å². The number of aromatic nitrogens is 2. The van der Waals surface area contributed by atoms with Crippen molar-refractivity contribution in [2.24, 2.45) is 0 Å². The average Bonchev–Trinajstić information content (AvgIpc) is 2.76. The highest BCUT2D eigenvalue weighted by Crippen LogP contribution is 2.31. The lowest BCUT2D eigenvalue weighted by Crippen LogP contribution is -2.08. The minimum Gasteiger partial charge on any atom is -0.306 e. The highest BCUT2D eigenvalue weighted by Gasteiger charge is 2.18. The van der Waals surface area contributed by atoms with E-state index in [1.807, 2.05) is 12.1 Å². The van der Waals surface area contributed by atoms with Gasteiger partial charge in [0.05, 0.1) is 10.2 Å². The zero-order chi connectivity index (χ0) is 11.0. The summed E-state index contributed by atoms with van der Waals surface area (Å²) in [6.45, 7) is 0. The van der Waals surface area contributed by atoms with Crippen molar-refractivity contribution in [2.45, 2.75) is 18.8 Å². The largest absolute Gasteiger partial charge is 0.306 e. The van der Waals surface area contributed by atoms with Crippen molar-refractivity contribution in [1.82, 2.24) is 9.38 Å². The van der Waals surface area contributed by atoms with E-state index in [1.165, 1.54) is 30.0 Å². The van der Waals surface area contributed by atoms with Gasteiger partial charge in [-0.25, -0.2) is 4.98 Å². The molecule has 3 heterocycles. The fourth-order valence-corrected chi connectivity index (χ4v) is 3.77. The molecular formula is C12H13BrN2S. The van der Waals surface area contributed by atoms with E-state index in [0.717, 1.165) is 10.1 Å². The molecule has 2 aromatic rings. The lowest BCUT2D eigenvalue weighted by molar-refractivity contribution is 0.647. The molecule has 1 unspecified atom stereocenters. The van der Waals surface area contributed by atoms with Crippen LogP contribution in [0.3, 0.4) is 0 Å². The number of hydrogen-bond donors (Lipinski definition) is 0. The molecule has 16 heavy (non-hydrogen) atoms. The molecule has 1 saturated heterocycles. The Morgan fingerprint density at radius 2 is 2.44 bits per heavy atom. The zero-order valence-electron chi connectivity index (χ0n) is 8.90. The van der Waals surface area contributed by atoms with Crippen LogP contribution in [-0.4, -0.2) is 20.9 Å². The lowest BCUT2D eigenvalue weighted by atomic mass is 10.0. The van der Waals surface area contributed by atoms with Crippen molar-refractivity contribution >= 4 is 33.3 Å². The molecule has 0 spiro atoms. The summed E-state index contributed by atoms with van der Waals surface area (Å²) in [7, 11) is 0. The van der Waals surface area contributed by atoms with Gasteiger partial charge in [0.1, 0.15) is 0 Å². The van der Waals surface area contributed by atoms with Crippen LogP contribution < -0.4 is 0 Å². The van der Waals surface area contributed by atoms with E-state index in [9.17, 15) is 0 Å². The fourth-order valence-electron chi connectivity index (χ4n) is 2.17. The number of halogens is 1. The van der Waals surface area contributed by atoms with Crippen LogP contribution in [0, 0.1) is 0 Å². The number of hydrogen-bond acceptors (Lipinski definition) is 2. The van der Waals surface area contributed by atoms with E-state index in [4.69, 9.17) is 4.98 Å². The smallest absolute Gasteiger partial charge is 0.151 e.